The number of aliphatic hydroxyl groups excluding tert-OH is 1. The maximum absolute atomic E-state index is 8.71. The van der Waals surface area contributed by atoms with Gasteiger partial charge in [-0.25, -0.2) is 0 Å². The van der Waals surface area contributed by atoms with E-state index >= 15 is 0 Å². The fourth-order valence-electron chi connectivity index (χ4n) is 1.51. The van der Waals surface area contributed by atoms with Gasteiger partial charge in [0.2, 0.25) is 0 Å². The van der Waals surface area contributed by atoms with Crippen LogP contribution in [0.2, 0.25) is 0 Å². The molecule has 0 atom stereocenters. The summed E-state index contributed by atoms with van der Waals surface area (Å²) in [6, 6.07) is 9.98. The minimum atomic E-state index is 0.178. The molecule has 0 aliphatic carbocycles. The SMILES string of the molecule is OCCCn1cc(CNc2ccccc2)nn1. The maximum atomic E-state index is 8.71. The molecule has 1 aromatic carbocycles. The van der Waals surface area contributed by atoms with E-state index in [1.807, 2.05) is 36.5 Å². The second kappa shape index (κ2) is 6.00. The molecule has 5 heteroatoms. The summed E-state index contributed by atoms with van der Waals surface area (Å²) in [6.45, 7) is 1.54. The highest BCUT2D eigenvalue weighted by Gasteiger charge is 2.00. The first-order chi connectivity index (χ1) is 8.38. The highest BCUT2D eigenvalue weighted by molar-refractivity contribution is 5.42. The van der Waals surface area contributed by atoms with E-state index in [0.717, 1.165) is 11.4 Å². The van der Waals surface area contributed by atoms with E-state index in [-0.39, 0.29) is 6.61 Å². The summed E-state index contributed by atoms with van der Waals surface area (Å²) < 4.78 is 1.75. The number of nitrogens with one attached hydrogen (secondary N) is 1. The zero-order valence-corrected chi connectivity index (χ0v) is 9.58. The van der Waals surface area contributed by atoms with Crippen molar-refractivity contribution >= 4 is 5.69 Å². The van der Waals surface area contributed by atoms with Gasteiger partial charge in [0.25, 0.3) is 0 Å². The second-order valence-electron chi connectivity index (χ2n) is 3.77. The topological polar surface area (TPSA) is 63.0 Å². The first-order valence-electron chi connectivity index (χ1n) is 5.67. The summed E-state index contributed by atoms with van der Waals surface area (Å²) in [6.07, 6.45) is 2.60. The predicted molar refractivity (Wildman–Crippen MR) is 65.5 cm³/mol. The first-order valence-corrected chi connectivity index (χ1v) is 5.67. The Morgan fingerprint density at radius 1 is 1.24 bits per heavy atom. The predicted octanol–water partition coefficient (Wildman–Crippen LogP) is 1.27. The lowest BCUT2D eigenvalue weighted by atomic mass is 10.3. The van der Waals surface area contributed by atoms with Gasteiger partial charge in [0.05, 0.1) is 12.7 Å². The lowest BCUT2D eigenvalue weighted by molar-refractivity contribution is 0.276. The molecule has 0 spiro atoms. The molecule has 0 amide bonds. The van der Waals surface area contributed by atoms with Crippen LogP contribution in [0, 0.1) is 0 Å². The van der Waals surface area contributed by atoms with Crippen LogP contribution in [0.5, 0.6) is 0 Å². The zero-order chi connectivity index (χ0) is 11.9. The van der Waals surface area contributed by atoms with Gasteiger partial charge in [0, 0.05) is 18.8 Å². The van der Waals surface area contributed by atoms with E-state index in [4.69, 9.17) is 5.11 Å². The number of hydrogen-bond acceptors (Lipinski definition) is 4. The summed E-state index contributed by atoms with van der Waals surface area (Å²) in [5.41, 5.74) is 1.96. The molecule has 17 heavy (non-hydrogen) atoms. The zero-order valence-electron chi connectivity index (χ0n) is 9.58. The molecule has 0 radical (unpaired) electrons. The highest BCUT2D eigenvalue weighted by Crippen LogP contribution is 2.06. The normalized spacial score (nSPS) is 10.4. The van der Waals surface area contributed by atoms with Crippen LogP contribution >= 0.6 is 0 Å². The van der Waals surface area contributed by atoms with E-state index in [9.17, 15) is 0 Å². The lowest BCUT2D eigenvalue weighted by Gasteiger charge is -2.02. The number of benzene rings is 1. The van der Waals surface area contributed by atoms with Gasteiger partial charge >= 0.3 is 0 Å². The first kappa shape index (κ1) is 11.6. The quantitative estimate of drug-likeness (QED) is 0.787. The summed E-state index contributed by atoms with van der Waals surface area (Å²) in [5.74, 6) is 0. The Morgan fingerprint density at radius 2 is 2.06 bits per heavy atom. The van der Waals surface area contributed by atoms with Gasteiger partial charge in [-0.05, 0) is 18.6 Å². The third kappa shape index (κ3) is 3.57. The molecule has 0 fully saturated rings. The third-order valence-corrected chi connectivity index (χ3v) is 2.38. The van der Waals surface area contributed by atoms with Gasteiger partial charge in [-0.2, -0.15) is 0 Å². The Hall–Kier alpha value is -1.88. The third-order valence-electron chi connectivity index (χ3n) is 2.38. The smallest absolute Gasteiger partial charge is 0.102 e. The van der Waals surface area contributed by atoms with Crippen LogP contribution in [-0.2, 0) is 13.1 Å². The van der Waals surface area contributed by atoms with Gasteiger partial charge in [-0.3, -0.25) is 4.68 Å². The molecule has 1 aromatic heterocycles. The van der Waals surface area contributed by atoms with Gasteiger partial charge in [0.1, 0.15) is 5.69 Å². The molecule has 2 aromatic rings. The van der Waals surface area contributed by atoms with Crippen LogP contribution in [0.4, 0.5) is 5.69 Å². The van der Waals surface area contributed by atoms with Crippen LogP contribution < -0.4 is 5.32 Å². The molecule has 5 nitrogen and oxygen atoms in total. The number of aliphatic hydroxyl groups is 1. The average Bonchev–Trinajstić information content (AvgIpc) is 2.83. The standard InChI is InChI=1S/C12H16N4O/c17-8-4-7-16-10-12(14-15-16)9-13-11-5-2-1-3-6-11/h1-3,5-6,10,13,17H,4,7-9H2. The van der Waals surface area contributed by atoms with Crippen molar-refractivity contribution in [2.75, 3.05) is 11.9 Å². The maximum Gasteiger partial charge on any atom is 0.102 e. The van der Waals surface area contributed by atoms with Gasteiger partial charge < -0.3 is 10.4 Å². The fourth-order valence-corrected chi connectivity index (χ4v) is 1.51. The number of aryl methyl sites for hydroxylation is 1. The number of hydrogen-bond donors (Lipinski definition) is 2. The summed E-state index contributed by atoms with van der Waals surface area (Å²) >= 11 is 0. The minimum Gasteiger partial charge on any atom is -0.396 e. The van der Waals surface area contributed by atoms with Crippen LogP contribution in [0.15, 0.2) is 36.5 Å². The van der Waals surface area contributed by atoms with E-state index in [2.05, 4.69) is 15.6 Å². The Morgan fingerprint density at radius 3 is 2.82 bits per heavy atom. The number of anilines is 1. The largest absolute Gasteiger partial charge is 0.396 e. The summed E-state index contributed by atoms with van der Waals surface area (Å²) in [5, 5.41) is 20.0. The Kier molecular flexibility index (Phi) is 4.10. The highest BCUT2D eigenvalue weighted by atomic mass is 16.3. The van der Waals surface area contributed by atoms with E-state index in [0.29, 0.717) is 19.5 Å². The molecule has 0 bridgehead atoms. The molecule has 2 N–H and O–H groups in total. The minimum absolute atomic E-state index is 0.178. The molecule has 90 valence electrons. The lowest BCUT2D eigenvalue weighted by Crippen LogP contribution is -2.01. The van der Waals surface area contributed by atoms with Crippen molar-refractivity contribution < 1.29 is 5.11 Å². The molecular weight excluding hydrogens is 216 g/mol. The van der Waals surface area contributed by atoms with E-state index in [1.54, 1.807) is 4.68 Å². The monoisotopic (exact) mass is 232 g/mol. The van der Waals surface area contributed by atoms with Crippen LogP contribution in [0.3, 0.4) is 0 Å². The summed E-state index contributed by atoms with van der Waals surface area (Å²) in [4.78, 5) is 0. The molecule has 1 heterocycles. The Balaban J connectivity index is 1.85. The molecule has 0 saturated heterocycles. The molecule has 0 aliphatic heterocycles. The van der Waals surface area contributed by atoms with Crippen molar-refractivity contribution in [3.63, 3.8) is 0 Å². The van der Waals surface area contributed by atoms with Gasteiger partial charge in [0.15, 0.2) is 0 Å². The molecule has 0 unspecified atom stereocenters. The van der Waals surface area contributed by atoms with Crippen LogP contribution in [0.25, 0.3) is 0 Å². The van der Waals surface area contributed by atoms with Crippen molar-refractivity contribution in [3.8, 4) is 0 Å². The van der Waals surface area contributed by atoms with Crippen LogP contribution in [0.1, 0.15) is 12.1 Å². The van der Waals surface area contributed by atoms with Gasteiger partial charge in [-0.1, -0.05) is 23.4 Å². The van der Waals surface area contributed by atoms with Crippen molar-refractivity contribution in [2.24, 2.45) is 0 Å². The number of nitrogens with zero attached hydrogens (tertiary/aromatic N) is 3. The Labute approximate surface area is 100 Å². The molecule has 2 rings (SSSR count). The van der Waals surface area contributed by atoms with E-state index < -0.39 is 0 Å². The number of para-hydroxylation sites is 1. The van der Waals surface area contributed by atoms with E-state index in [1.165, 1.54) is 0 Å². The molecule has 0 aliphatic rings. The molecular formula is C12H16N4O. The fraction of sp³-hybridized carbons (Fsp3) is 0.333. The Bertz CT molecular complexity index is 441. The van der Waals surface area contributed by atoms with Crippen LogP contribution in [-0.4, -0.2) is 26.7 Å². The average molecular weight is 232 g/mol. The summed E-state index contributed by atoms with van der Waals surface area (Å²) in [7, 11) is 0. The van der Waals surface area contributed by atoms with Crippen molar-refractivity contribution in [3.05, 3.63) is 42.2 Å². The number of aromatic nitrogens is 3. The second-order valence-corrected chi connectivity index (χ2v) is 3.77. The van der Waals surface area contributed by atoms with Gasteiger partial charge in [-0.15, -0.1) is 5.10 Å². The van der Waals surface area contributed by atoms with Crippen molar-refractivity contribution in [2.45, 2.75) is 19.5 Å². The molecule has 0 saturated carbocycles. The number of rotatable bonds is 6. The van der Waals surface area contributed by atoms with Crippen molar-refractivity contribution in [1.82, 2.24) is 15.0 Å². The van der Waals surface area contributed by atoms with Crippen molar-refractivity contribution in [1.29, 1.82) is 0 Å².